The highest BCUT2D eigenvalue weighted by Gasteiger charge is 2.36. The van der Waals surface area contributed by atoms with Gasteiger partial charge >= 0.3 is 0 Å². The van der Waals surface area contributed by atoms with Crippen LogP contribution in [0, 0.1) is 0 Å². The number of piperazine rings is 1. The predicted molar refractivity (Wildman–Crippen MR) is 150 cm³/mol. The van der Waals surface area contributed by atoms with Crippen LogP contribution in [0.5, 0.6) is 5.75 Å². The molecule has 1 fully saturated rings. The fourth-order valence-corrected chi connectivity index (χ4v) is 5.14. The van der Waals surface area contributed by atoms with Gasteiger partial charge in [0.1, 0.15) is 5.75 Å². The molecule has 1 aliphatic rings. The summed E-state index contributed by atoms with van der Waals surface area (Å²) in [5, 5.41) is 2.43. The van der Waals surface area contributed by atoms with Crippen LogP contribution in [0.25, 0.3) is 12.2 Å². The topological polar surface area (TPSA) is 44.8 Å². The van der Waals surface area contributed by atoms with E-state index in [1.165, 1.54) is 16.0 Å². The minimum Gasteiger partial charge on any atom is -0.495 e. The van der Waals surface area contributed by atoms with Crippen LogP contribution in [0.3, 0.4) is 0 Å². The number of hydrogen-bond acceptors (Lipinski definition) is 5. The molecule has 1 aliphatic heterocycles. The van der Waals surface area contributed by atoms with Crippen LogP contribution in [0.15, 0.2) is 53.9 Å². The average molecular weight is 555 g/mol. The van der Waals surface area contributed by atoms with Gasteiger partial charge in [0.05, 0.1) is 12.8 Å². The number of ether oxygens (including phenoxy) is 1. The van der Waals surface area contributed by atoms with Gasteiger partial charge in [-0.05, 0) is 59.5 Å². The number of allylic oxidation sites excluding steroid dienone is 1. The summed E-state index contributed by atoms with van der Waals surface area (Å²) in [4.78, 5) is 17.1. The first-order valence-corrected chi connectivity index (χ1v) is 13.3. The van der Waals surface area contributed by atoms with E-state index >= 15 is 0 Å². The number of benzene rings is 2. The zero-order valence-corrected chi connectivity index (χ0v) is 23.0. The van der Waals surface area contributed by atoms with E-state index in [4.69, 9.17) is 39.5 Å². The maximum absolute atomic E-state index is 12.2. The summed E-state index contributed by atoms with van der Waals surface area (Å²) in [6, 6.07) is 12.5. The molecule has 1 heterocycles. The summed E-state index contributed by atoms with van der Waals surface area (Å²) in [5.74, 6) is 0.299. The fourth-order valence-electron chi connectivity index (χ4n) is 4.11. The number of methoxy groups -OCH3 is 1. The van der Waals surface area contributed by atoms with Crippen LogP contribution in [0.4, 0.5) is 5.69 Å². The summed E-state index contributed by atoms with van der Waals surface area (Å²) in [5.41, 5.74) is 2.28. The number of nitrogens with one attached hydrogen (secondary N) is 1. The Balaban J connectivity index is 1.62. The van der Waals surface area contributed by atoms with Crippen molar-refractivity contribution >= 4 is 70.5 Å². The number of carbonyl (C=O) groups excluding carboxylic acids is 1. The lowest BCUT2D eigenvalue weighted by Crippen LogP contribution is -2.51. The van der Waals surface area contributed by atoms with Gasteiger partial charge in [-0.15, -0.1) is 0 Å². The van der Waals surface area contributed by atoms with Gasteiger partial charge in [-0.1, -0.05) is 77.8 Å². The molecule has 0 radical (unpaired) electrons. The van der Waals surface area contributed by atoms with E-state index in [-0.39, 0.29) is 0 Å². The summed E-state index contributed by atoms with van der Waals surface area (Å²) >= 11 is 18.9. The largest absolute Gasteiger partial charge is 0.495 e. The molecule has 5 nitrogen and oxygen atoms in total. The Kier molecular flexibility index (Phi) is 10.3. The Labute approximate surface area is 226 Å². The molecular weight excluding hydrogens is 525 g/mol. The summed E-state index contributed by atoms with van der Waals surface area (Å²) in [7, 11) is 1.66. The molecule has 1 N–H and O–H groups in total. The van der Waals surface area contributed by atoms with Gasteiger partial charge in [-0.3, -0.25) is 9.52 Å². The van der Waals surface area contributed by atoms with Gasteiger partial charge in [0.25, 0.3) is 9.70 Å². The molecular formula is C26H30Cl3N3O2S. The lowest BCUT2D eigenvalue weighted by molar-refractivity contribution is -0.130. The van der Waals surface area contributed by atoms with Crippen molar-refractivity contribution in [3.8, 4) is 5.75 Å². The lowest BCUT2D eigenvalue weighted by Gasteiger charge is -2.37. The standard InChI is InChI=1S/C26H30Cl3N3O2S/c1-4-7-19-8-6-9-20(22(19)5-2)12-13-30-35-21-10-11-24(34-3)23(18-21)31-14-16-32(17-15-31)25(33)26(27,28)29/h4-11,18,30H,1,12-17H2,2-3H3/b19-7-,22-5+. The molecule has 188 valence electrons. The molecule has 0 unspecified atom stereocenters. The maximum atomic E-state index is 12.2. The predicted octanol–water partition coefficient (Wildman–Crippen LogP) is 4.32. The summed E-state index contributed by atoms with van der Waals surface area (Å²) < 4.78 is 7.14. The molecule has 0 spiro atoms. The van der Waals surface area contributed by atoms with E-state index < -0.39 is 9.70 Å². The zero-order valence-electron chi connectivity index (χ0n) is 19.9. The number of amides is 1. The molecule has 0 atom stereocenters. The average Bonchev–Trinajstić information content (AvgIpc) is 2.86. The van der Waals surface area contributed by atoms with E-state index in [9.17, 15) is 4.79 Å². The monoisotopic (exact) mass is 553 g/mol. The smallest absolute Gasteiger partial charge is 0.274 e. The highest BCUT2D eigenvalue weighted by atomic mass is 35.6. The van der Waals surface area contributed by atoms with Crippen molar-refractivity contribution in [2.24, 2.45) is 0 Å². The molecule has 0 aromatic heterocycles. The third-order valence-electron chi connectivity index (χ3n) is 5.80. The van der Waals surface area contributed by atoms with Crippen molar-refractivity contribution in [2.45, 2.75) is 22.0 Å². The third-order valence-corrected chi connectivity index (χ3v) is 7.13. The van der Waals surface area contributed by atoms with Crippen LogP contribution in [-0.2, 0) is 11.2 Å². The molecule has 0 aliphatic carbocycles. The molecule has 0 saturated carbocycles. The van der Waals surface area contributed by atoms with Gasteiger partial charge in [0.15, 0.2) is 0 Å². The van der Waals surface area contributed by atoms with Crippen LogP contribution in [0.2, 0.25) is 0 Å². The zero-order chi connectivity index (χ0) is 25.4. The molecule has 1 saturated heterocycles. The van der Waals surface area contributed by atoms with E-state index in [2.05, 4.69) is 53.5 Å². The Bertz CT molecular complexity index is 1160. The SMILES string of the molecule is C=C/C=c1/cccc(CCNSc2ccc(OC)c(N3CCN(C(=O)C(Cl)(Cl)Cl)CC3)c2)/c1=C/C. The Hall–Kier alpha value is -1.83. The van der Waals surface area contributed by atoms with Gasteiger partial charge in [0.2, 0.25) is 0 Å². The summed E-state index contributed by atoms with van der Waals surface area (Å²) in [6.07, 6.45) is 6.91. The number of anilines is 1. The number of halogens is 3. The lowest BCUT2D eigenvalue weighted by atomic mass is 10.1. The minimum atomic E-state index is -1.93. The molecule has 0 bridgehead atoms. The number of nitrogens with zero attached hydrogens (tertiary/aromatic N) is 2. The first-order chi connectivity index (χ1) is 16.8. The normalized spacial score (nSPS) is 15.5. The second-order valence-electron chi connectivity index (χ2n) is 7.97. The van der Waals surface area contributed by atoms with Gasteiger partial charge in [0, 0.05) is 37.6 Å². The fraction of sp³-hybridized carbons (Fsp3) is 0.346. The second-order valence-corrected chi connectivity index (χ2v) is 11.2. The van der Waals surface area contributed by atoms with Crippen LogP contribution < -0.4 is 24.8 Å². The van der Waals surface area contributed by atoms with Crippen LogP contribution in [0.1, 0.15) is 12.5 Å². The number of hydrogen-bond donors (Lipinski definition) is 1. The van der Waals surface area contributed by atoms with Gasteiger partial charge < -0.3 is 14.5 Å². The van der Waals surface area contributed by atoms with Gasteiger partial charge in [-0.2, -0.15) is 0 Å². The summed E-state index contributed by atoms with van der Waals surface area (Å²) in [6.45, 7) is 8.90. The Morgan fingerprint density at radius 1 is 1.20 bits per heavy atom. The Morgan fingerprint density at radius 3 is 2.57 bits per heavy atom. The maximum Gasteiger partial charge on any atom is 0.274 e. The number of alkyl halides is 3. The van der Waals surface area contributed by atoms with Crippen molar-refractivity contribution < 1.29 is 9.53 Å². The highest BCUT2D eigenvalue weighted by Crippen LogP contribution is 2.34. The second kappa shape index (κ2) is 12.9. The number of carbonyl (C=O) groups is 1. The van der Waals surface area contributed by atoms with Gasteiger partial charge in [-0.25, -0.2) is 0 Å². The van der Waals surface area contributed by atoms with Crippen molar-refractivity contribution in [3.63, 3.8) is 0 Å². The third kappa shape index (κ3) is 7.34. The van der Waals surface area contributed by atoms with Crippen molar-refractivity contribution in [2.75, 3.05) is 44.7 Å². The molecule has 1 amide bonds. The van der Waals surface area contributed by atoms with E-state index in [0.717, 1.165) is 29.3 Å². The van der Waals surface area contributed by atoms with Crippen LogP contribution >= 0.6 is 46.8 Å². The number of rotatable bonds is 8. The quantitative estimate of drug-likeness (QED) is 0.299. The van der Waals surface area contributed by atoms with Crippen LogP contribution in [-0.4, -0.2) is 54.4 Å². The van der Waals surface area contributed by atoms with Crippen molar-refractivity contribution in [1.29, 1.82) is 0 Å². The van der Waals surface area contributed by atoms with Crippen molar-refractivity contribution in [1.82, 2.24) is 9.62 Å². The van der Waals surface area contributed by atoms with E-state index in [1.807, 2.05) is 24.3 Å². The Morgan fingerprint density at radius 2 is 1.94 bits per heavy atom. The first-order valence-electron chi connectivity index (χ1n) is 11.3. The van der Waals surface area contributed by atoms with E-state index in [0.29, 0.717) is 26.2 Å². The molecule has 35 heavy (non-hydrogen) atoms. The molecule has 2 aromatic rings. The molecule has 9 heteroatoms. The minimum absolute atomic E-state index is 0.477. The highest BCUT2D eigenvalue weighted by molar-refractivity contribution is 7.97. The molecule has 2 aromatic carbocycles. The first kappa shape index (κ1) is 27.8. The van der Waals surface area contributed by atoms with Crippen molar-refractivity contribution in [3.05, 3.63) is 65.1 Å². The van der Waals surface area contributed by atoms with E-state index in [1.54, 1.807) is 24.0 Å². The molecule has 3 rings (SSSR count).